The highest BCUT2D eigenvalue weighted by Crippen LogP contribution is 2.38. The summed E-state index contributed by atoms with van der Waals surface area (Å²) in [5.74, 6) is 2.28. The summed E-state index contributed by atoms with van der Waals surface area (Å²) in [6.45, 7) is 2.98. The first-order valence-electron chi connectivity index (χ1n) is 7.43. The lowest BCUT2D eigenvalue weighted by molar-refractivity contribution is 0.736. The van der Waals surface area contributed by atoms with Crippen LogP contribution in [0.5, 0.6) is 0 Å². The minimum Gasteiger partial charge on any atom is -0.370 e. The van der Waals surface area contributed by atoms with Crippen molar-refractivity contribution in [1.29, 1.82) is 0 Å². The highest BCUT2D eigenvalue weighted by atomic mass is 32.1. The van der Waals surface area contributed by atoms with Gasteiger partial charge in [0.1, 0.15) is 16.5 Å². The van der Waals surface area contributed by atoms with E-state index in [0.717, 1.165) is 41.2 Å². The largest absolute Gasteiger partial charge is 0.370 e. The molecule has 0 saturated carbocycles. The van der Waals surface area contributed by atoms with Crippen molar-refractivity contribution in [3.05, 3.63) is 52.7 Å². The standard InChI is InChI=1S/C17H17N3S/c1-2-18-15-14-9-10-21-17(14)20-16(19-15)13-8-7-11-5-3-4-6-12(11)13/h3-6,9-10,13H,2,7-8H2,1H3,(H,18,19,20). The van der Waals surface area contributed by atoms with Crippen LogP contribution in [0.3, 0.4) is 0 Å². The molecule has 4 rings (SSSR count). The number of thiophene rings is 1. The van der Waals surface area contributed by atoms with Gasteiger partial charge in [0, 0.05) is 12.5 Å². The van der Waals surface area contributed by atoms with E-state index in [9.17, 15) is 0 Å². The first kappa shape index (κ1) is 12.8. The molecule has 4 heteroatoms. The van der Waals surface area contributed by atoms with Gasteiger partial charge in [-0.1, -0.05) is 24.3 Å². The summed E-state index contributed by atoms with van der Waals surface area (Å²) in [5, 5.41) is 6.61. The van der Waals surface area contributed by atoms with E-state index in [0.29, 0.717) is 5.92 Å². The lowest BCUT2D eigenvalue weighted by Gasteiger charge is -2.13. The number of aromatic nitrogens is 2. The Kier molecular flexibility index (Phi) is 3.11. The zero-order chi connectivity index (χ0) is 14.2. The Balaban J connectivity index is 1.84. The third kappa shape index (κ3) is 2.10. The van der Waals surface area contributed by atoms with E-state index in [2.05, 4.69) is 48.0 Å². The van der Waals surface area contributed by atoms with Crippen molar-refractivity contribution in [2.75, 3.05) is 11.9 Å². The molecule has 0 bridgehead atoms. The Bertz CT molecular complexity index is 794. The van der Waals surface area contributed by atoms with Crippen LogP contribution in [0.1, 0.15) is 36.2 Å². The van der Waals surface area contributed by atoms with Crippen LogP contribution in [0.15, 0.2) is 35.7 Å². The van der Waals surface area contributed by atoms with Crippen molar-refractivity contribution in [1.82, 2.24) is 9.97 Å². The molecule has 2 heterocycles. The Labute approximate surface area is 128 Å². The molecule has 0 fully saturated rings. The molecule has 3 nitrogen and oxygen atoms in total. The number of nitrogens with zero attached hydrogens (tertiary/aromatic N) is 2. The van der Waals surface area contributed by atoms with Crippen LogP contribution in [0.25, 0.3) is 10.2 Å². The second kappa shape index (κ2) is 5.11. The zero-order valence-corrected chi connectivity index (χ0v) is 12.8. The maximum absolute atomic E-state index is 4.83. The van der Waals surface area contributed by atoms with Crippen molar-refractivity contribution < 1.29 is 0 Å². The molecular formula is C17H17N3S. The van der Waals surface area contributed by atoms with Crippen molar-refractivity contribution in [2.24, 2.45) is 0 Å². The van der Waals surface area contributed by atoms with Gasteiger partial charge < -0.3 is 5.32 Å². The number of anilines is 1. The van der Waals surface area contributed by atoms with Gasteiger partial charge in [-0.2, -0.15) is 0 Å². The fourth-order valence-corrected chi connectivity index (χ4v) is 3.93. The number of hydrogen-bond donors (Lipinski definition) is 1. The second-order valence-electron chi connectivity index (χ2n) is 5.39. The maximum atomic E-state index is 4.83. The molecule has 106 valence electrons. The summed E-state index contributed by atoms with van der Waals surface area (Å²) >= 11 is 1.69. The van der Waals surface area contributed by atoms with Gasteiger partial charge in [-0.05, 0) is 42.3 Å². The summed E-state index contributed by atoms with van der Waals surface area (Å²) in [4.78, 5) is 10.7. The normalized spacial score (nSPS) is 17.1. The van der Waals surface area contributed by atoms with E-state index < -0.39 is 0 Å². The van der Waals surface area contributed by atoms with Gasteiger partial charge in [0.2, 0.25) is 0 Å². The number of benzene rings is 1. The number of aryl methyl sites for hydroxylation is 1. The van der Waals surface area contributed by atoms with Crippen LogP contribution >= 0.6 is 11.3 Å². The fraction of sp³-hybridized carbons (Fsp3) is 0.294. The van der Waals surface area contributed by atoms with E-state index in [1.165, 1.54) is 11.1 Å². The Morgan fingerprint density at radius 1 is 1.24 bits per heavy atom. The number of hydrogen-bond acceptors (Lipinski definition) is 4. The van der Waals surface area contributed by atoms with Gasteiger partial charge in [0.15, 0.2) is 0 Å². The molecule has 2 aromatic heterocycles. The summed E-state index contributed by atoms with van der Waals surface area (Å²) in [6, 6.07) is 10.8. The van der Waals surface area contributed by atoms with E-state index in [4.69, 9.17) is 9.97 Å². The molecule has 0 radical (unpaired) electrons. The monoisotopic (exact) mass is 295 g/mol. The second-order valence-corrected chi connectivity index (χ2v) is 6.28. The molecule has 0 amide bonds. The summed E-state index contributed by atoms with van der Waals surface area (Å²) < 4.78 is 0. The van der Waals surface area contributed by atoms with E-state index in [1.807, 2.05) is 0 Å². The summed E-state index contributed by atoms with van der Waals surface area (Å²) in [5.41, 5.74) is 2.85. The number of fused-ring (bicyclic) bond motifs is 2. The van der Waals surface area contributed by atoms with Crippen LogP contribution in [0.4, 0.5) is 5.82 Å². The SMILES string of the molecule is CCNc1nc(C2CCc3ccccc32)nc2sccc12. The molecule has 1 unspecified atom stereocenters. The Morgan fingerprint density at radius 3 is 3.05 bits per heavy atom. The molecule has 1 N–H and O–H groups in total. The lowest BCUT2D eigenvalue weighted by atomic mass is 10.0. The quantitative estimate of drug-likeness (QED) is 0.787. The van der Waals surface area contributed by atoms with Crippen LogP contribution < -0.4 is 5.32 Å². The van der Waals surface area contributed by atoms with Gasteiger partial charge in [0.25, 0.3) is 0 Å². The number of nitrogens with one attached hydrogen (secondary N) is 1. The van der Waals surface area contributed by atoms with Gasteiger partial charge in [-0.25, -0.2) is 9.97 Å². The van der Waals surface area contributed by atoms with Crippen LogP contribution in [0.2, 0.25) is 0 Å². The predicted octanol–water partition coefficient (Wildman–Crippen LogP) is 4.20. The fourth-order valence-electron chi connectivity index (χ4n) is 3.16. The van der Waals surface area contributed by atoms with Gasteiger partial charge in [-0.15, -0.1) is 11.3 Å². The van der Waals surface area contributed by atoms with Gasteiger partial charge in [-0.3, -0.25) is 0 Å². The molecule has 0 saturated heterocycles. The topological polar surface area (TPSA) is 37.8 Å². The van der Waals surface area contributed by atoms with E-state index in [1.54, 1.807) is 11.3 Å². The van der Waals surface area contributed by atoms with E-state index >= 15 is 0 Å². The molecular weight excluding hydrogens is 278 g/mol. The molecule has 1 atom stereocenters. The van der Waals surface area contributed by atoms with Gasteiger partial charge >= 0.3 is 0 Å². The van der Waals surface area contributed by atoms with Crippen molar-refractivity contribution >= 4 is 27.4 Å². The summed E-state index contributed by atoms with van der Waals surface area (Å²) in [6.07, 6.45) is 2.24. The van der Waals surface area contributed by atoms with Gasteiger partial charge in [0.05, 0.1) is 5.39 Å². The molecule has 1 aromatic carbocycles. The lowest BCUT2D eigenvalue weighted by Crippen LogP contribution is -2.07. The van der Waals surface area contributed by atoms with Crippen LogP contribution in [-0.2, 0) is 6.42 Å². The highest BCUT2D eigenvalue weighted by Gasteiger charge is 2.26. The van der Waals surface area contributed by atoms with Crippen LogP contribution in [-0.4, -0.2) is 16.5 Å². The smallest absolute Gasteiger partial charge is 0.139 e. The van der Waals surface area contributed by atoms with Crippen molar-refractivity contribution in [3.8, 4) is 0 Å². The molecule has 1 aliphatic rings. The maximum Gasteiger partial charge on any atom is 0.139 e. The van der Waals surface area contributed by atoms with Crippen LogP contribution in [0, 0.1) is 0 Å². The third-order valence-corrected chi connectivity index (χ3v) is 4.94. The molecule has 1 aliphatic carbocycles. The molecule has 3 aromatic rings. The predicted molar refractivity (Wildman–Crippen MR) is 88.2 cm³/mol. The third-order valence-electron chi connectivity index (χ3n) is 4.13. The van der Waals surface area contributed by atoms with Crippen molar-refractivity contribution in [3.63, 3.8) is 0 Å². The minimum atomic E-state index is 0.338. The first-order chi connectivity index (χ1) is 10.4. The molecule has 21 heavy (non-hydrogen) atoms. The summed E-state index contributed by atoms with van der Waals surface area (Å²) in [7, 11) is 0. The Hall–Kier alpha value is -1.94. The zero-order valence-electron chi connectivity index (χ0n) is 12.0. The molecule has 0 spiro atoms. The highest BCUT2D eigenvalue weighted by molar-refractivity contribution is 7.16. The first-order valence-corrected chi connectivity index (χ1v) is 8.31. The van der Waals surface area contributed by atoms with E-state index in [-0.39, 0.29) is 0 Å². The minimum absolute atomic E-state index is 0.338. The Morgan fingerprint density at radius 2 is 2.14 bits per heavy atom. The van der Waals surface area contributed by atoms with Crippen molar-refractivity contribution in [2.45, 2.75) is 25.7 Å². The number of rotatable bonds is 3. The average Bonchev–Trinajstić information content (AvgIpc) is 3.13. The average molecular weight is 295 g/mol. The molecule has 0 aliphatic heterocycles.